The Morgan fingerprint density at radius 3 is 2.00 bits per heavy atom. The molecular formula is C10H13O2S+. The van der Waals surface area contributed by atoms with Gasteiger partial charge in [0.25, 0.3) is 0 Å². The molecule has 0 aromatic heterocycles. The molecule has 0 saturated heterocycles. The zero-order valence-corrected chi connectivity index (χ0v) is 8.64. The van der Waals surface area contributed by atoms with E-state index in [4.69, 9.17) is 0 Å². The van der Waals surface area contributed by atoms with Gasteiger partial charge in [-0.3, -0.25) is 0 Å². The van der Waals surface area contributed by atoms with Crippen molar-refractivity contribution in [3.05, 3.63) is 43.8 Å². The molecule has 0 aliphatic heterocycles. The number of rotatable bonds is 2. The Hall–Kier alpha value is -1.22. The highest BCUT2D eigenvalue weighted by Gasteiger charge is 2.04. The number of hydrogen-bond donors (Lipinski definition) is 0. The van der Waals surface area contributed by atoms with E-state index in [9.17, 15) is 8.42 Å². The lowest BCUT2D eigenvalue weighted by molar-refractivity contribution is 0.602. The van der Waals surface area contributed by atoms with E-state index in [-0.39, 0.29) is 7.43 Å². The third-order valence-corrected chi connectivity index (χ3v) is 2.67. The first-order valence-corrected chi connectivity index (χ1v) is 5.36. The molecule has 0 spiro atoms. The first-order valence-electron chi connectivity index (χ1n) is 3.46. The first kappa shape index (κ1) is 11.8. The van der Waals surface area contributed by atoms with Crippen molar-refractivity contribution in [3.8, 4) is 0 Å². The standard InChI is InChI=1S/C9H10O2S.CH3/c1-3-8-4-6-9(7-5-8)12(2,10)11;/h3-7H,1H2,2H3;1H3/q;+1. The van der Waals surface area contributed by atoms with Gasteiger partial charge in [-0.2, -0.15) is 0 Å². The van der Waals surface area contributed by atoms with E-state index in [0.717, 1.165) is 5.56 Å². The highest BCUT2D eigenvalue weighted by atomic mass is 32.2. The maximum atomic E-state index is 11.0. The Bertz CT molecular complexity index is 374. The van der Waals surface area contributed by atoms with Gasteiger partial charge in [-0.25, -0.2) is 8.42 Å². The van der Waals surface area contributed by atoms with Crippen LogP contribution in [0.25, 0.3) is 6.08 Å². The van der Waals surface area contributed by atoms with Crippen LogP contribution >= 0.6 is 0 Å². The SMILES string of the molecule is C=Cc1ccc(S(C)(=O)=O)cc1.[CH3+]. The molecule has 70 valence electrons. The van der Waals surface area contributed by atoms with Gasteiger partial charge in [0.1, 0.15) is 0 Å². The van der Waals surface area contributed by atoms with Crippen LogP contribution in [0, 0.1) is 7.43 Å². The van der Waals surface area contributed by atoms with Gasteiger partial charge in [-0.1, -0.05) is 24.8 Å². The molecule has 2 nitrogen and oxygen atoms in total. The summed E-state index contributed by atoms with van der Waals surface area (Å²) in [5, 5.41) is 0. The summed E-state index contributed by atoms with van der Waals surface area (Å²) in [7, 11) is -3.06. The summed E-state index contributed by atoms with van der Waals surface area (Å²) < 4.78 is 22.0. The molecule has 0 heterocycles. The first-order chi connectivity index (χ1) is 5.54. The molecule has 0 aliphatic carbocycles. The van der Waals surface area contributed by atoms with Crippen LogP contribution in [0.5, 0.6) is 0 Å². The third-order valence-electron chi connectivity index (χ3n) is 1.54. The molecule has 0 unspecified atom stereocenters. The zero-order chi connectivity index (χ0) is 9.19. The second kappa shape index (κ2) is 4.14. The normalized spacial score (nSPS) is 10.2. The van der Waals surface area contributed by atoms with Gasteiger partial charge in [-0.05, 0) is 17.7 Å². The number of hydrogen-bond acceptors (Lipinski definition) is 2. The zero-order valence-electron chi connectivity index (χ0n) is 7.82. The molecule has 0 radical (unpaired) electrons. The van der Waals surface area contributed by atoms with Gasteiger partial charge >= 0.3 is 0 Å². The highest BCUT2D eigenvalue weighted by molar-refractivity contribution is 7.90. The molecule has 0 N–H and O–H groups in total. The van der Waals surface area contributed by atoms with Crippen molar-refractivity contribution in [2.75, 3.05) is 6.26 Å². The topological polar surface area (TPSA) is 34.1 Å². The maximum absolute atomic E-state index is 11.0. The Labute approximate surface area is 79.8 Å². The molecule has 13 heavy (non-hydrogen) atoms. The molecule has 1 aromatic rings. The van der Waals surface area contributed by atoms with E-state index in [0.29, 0.717) is 4.90 Å². The Morgan fingerprint density at radius 2 is 1.69 bits per heavy atom. The fraction of sp³-hybridized carbons (Fsp3) is 0.100. The van der Waals surface area contributed by atoms with Gasteiger partial charge in [-0.15, -0.1) is 0 Å². The molecule has 0 fully saturated rings. The van der Waals surface area contributed by atoms with Gasteiger partial charge in [0.2, 0.25) is 0 Å². The average molecular weight is 197 g/mol. The largest absolute Gasteiger partial charge is 0.224 e. The minimum Gasteiger partial charge on any atom is -0.224 e. The molecular weight excluding hydrogens is 184 g/mol. The number of benzene rings is 1. The van der Waals surface area contributed by atoms with E-state index in [1.54, 1.807) is 30.3 Å². The summed E-state index contributed by atoms with van der Waals surface area (Å²) in [6.45, 7) is 3.57. The molecule has 0 bridgehead atoms. The van der Waals surface area contributed by atoms with Gasteiger partial charge < -0.3 is 0 Å². The molecule has 3 heteroatoms. The predicted octanol–water partition coefficient (Wildman–Crippen LogP) is 2.18. The lowest BCUT2D eigenvalue weighted by Crippen LogP contribution is -1.95. The third kappa shape index (κ3) is 2.95. The number of sulfone groups is 1. The average Bonchev–Trinajstić information content (AvgIpc) is 2.03. The Balaban J connectivity index is 0.00000144. The van der Waals surface area contributed by atoms with Crippen LogP contribution in [0.2, 0.25) is 0 Å². The van der Waals surface area contributed by atoms with Crippen molar-refractivity contribution in [1.82, 2.24) is 0 Å². The monoisotopic (exact) mass is 197 g/mol. The maximum Gasteiger partial charge on any atom is 0.175 e. The van der Waals surface area contributed by atoms with E-state index in [1.165, 1.54) is 6.26 Å². The summed E-state index contributed by atoms with van der Waals surface area (Å²) in [5.41, 5.74) is 0.919. The molecule has 0 amide bonds. The molecule has 1 aromatic carbocycles. The van der Waals surface area contributed by atoms with E-state index >= 15 is 0 Å². The summed E-state index contributed by atoms with van der Waals surface area (Å²) in [6.07, 6.45) is 2.86. The van der Waals surface area contributed by atoms with E-state index < -0.39 is 9.84 Å². The molecule has 0 atom stereocenters. The quantitative estimate of drug-likeness (QED) is 0.681. The second-order valence-electron chi connectivity index (χ2n) is 2.55. The molecule has 0 aliphatic rings. The predicted molar refractivity (Wildman–Crippen MR) is 56.1 cm³/mol. The van der Waals surface area contributed by atoms with Gasteiger partial charge in [0.15, 0.2) is 9.84 Å². The lowest BCUT2D eigenvalue weighted by atomic mass is 10.2. The van der Waals surface area contributed by atoms with Crippen LogP contribution in [-0.4, -0.2) is 14.7 Å². The van der Waals surface area contributed by atoms with E-state index in [2.05, 4.69) is 6.58 Å². The van der Waals surface area contributed by atoms with Gasteiger partial charge in [0, 0.05) is 13.7 Å². The Kier molecular flexibility index (Phi) is 3.75. The minimum absolute atomic E-state index is 0. The van der Waals surface area contributed by atoms with Crippen molar-refractivity contribution < 1.29 is 8.42 Å². The minimum atomic E-state index is -3.06. The fourth-order valence-corrected chi connectivity index (χ4v) is 1.48. The van der Waals surface area contributed by atoms with Crippen molar-refractivity contribution >= 4 is 15.9 Å². The summed E-state index contributed by atoms with van der Waals surface area (Å²) in [5.74, 6) is 0. The van der Waals surface area contributed by atoms with Crippen LogP contribution in [0.4, 0.5) is 0 Å². The fourth-order valence-electron chi connectivity index (χ4n) is 0.851. The van der Waals surface area contributed by atoms with Crippen LogP contribution in [0.3, 0.4) is 0 Å². The summed E-state index contributed by atoms with van der Waals surface area (Å²) >= 11 is 0. The summed E-state index contributed by atoms with van der Waals surface area (Å²) in [4.78, 5) is 0.341. The lowest BCUT2D eigenvalue weighted by Gasteiger charge is -1.97. The van der Waals surface area contributed by atoms with Crippen LogP contribution in [0.1, 0.15) is 5.56 Å². The van der Waals surface area contributed by atoms with Crippen molar-refractivity contribution in [3.63, 3.8) is 0 Å². The van der Waals surface area contributed by atoms with Crippen molar-refractivity contribution in [1.29, 1.82) is 0 Å². The smallest absolute Gasteiger partial charge is 0.175 e. The highest BCUT2D eigenvalue weighted by Crippen LogP contribution is 2.10. The van der Waals surface area contributed by atoms with E-state index in [1.807, 2.05) is 0 Å². The molecule has 0 saturated carbocycles. The van der Waals surface area contributed by atoms with Crippen LogP contribution in [-0.2, 0) is 9.84 Å². The molecule has 1 rings (SSSR count). The Morgan fingerprint density at radius 1 is 1.23 bits per heavy atom. The van der Waals surface area contributed by atoms with Crippen molar-refractivity contribution in [2.24, 2.45) is 0 Å². The van der Waals surface area contributed by atoms with Crippen LogP contribution < -0.4 is 0 Å². The van der Waals surface area contributed by atoms with Gasteiger partial charge in [0.05, 0.1) is 4.90 Å². The van der Waals surface area contributed by atoms with Crippen molar-refractivity contribution in [2.45, 2.75) is 4.90 Å². The van der Waals surface area contributed by atoms with Crippen LogP contribution in [0.15, 0.2) is 35.7 Å². The second-order valence-corrected chi connectivity index (χ2v) is 4.56. The summed E-state index contributed by atoms with van der Waals surface area (Å²) in [6, 6.07) is 6.60.